The van der Waals surface area contributed by atoms with Crippen LogP contribution in [0.3, 0.4) is 0 Å². The summed E-state index contributed by atoms with van der Waals surface area (Å²) >= 11 is 0. The molecule has 0 atom stereocenters. The first-order valence-electron chi connectivity index (χ1n) is 6.28. The van der Waals surface area contributed by atoms with Crippen molar-refractivity contribution in [1.29, 1.82) is 0 Å². The summed E-state index contributed by atoms with van der Waals surface area (Å²) < 4.78 is 6.22. The number of hydrogen-bond donors (Lipinski definition) is 0. The topological polar surface area (TPSA) is 26.3 Å². The van der Waals surface area contributed by atoms with Crippen molar-refractivity contribution in [2.75, 3.05) is 0 Å². The van der Waals surface area contributed by atoms with E-state index in [2.05, 4.69) is 48.1 Å². The van der Waals surface area contributed by atoms with E-state index in [0.29, 0.717) is 22.4 Å². The molecule has 0 amide bonds. The molecule has 17 heavy (non-hydrogen) atoms. The molecule has 0 spiro atoms. The van der Waals surface area contributed by atoms with Crippen molar-refractivity contribution in [1.82, 2.24) is 0 Å². The van der Waals surface area contributed by atoms with E-state index in [1.165, 1.54) is 6.08 Å². The minimum absolute atomic E-state index is 0.517. The highest BCUT2D eigenvalue weighted by Crippen LogP contribution is 2.43. The summed E-state index contributed by atoms with van der Waals surface area (Å²) in [7, 11) is -1.91. The quantitative estimate of drug-likeness (QED) is 0.221. The molecule has 0 heterocycles. The van der Waals surface area contributed by atoms with E-state index in [1.54, 1.807) is 6.08 Å². The highest BCUT2D eigenvalue weighted by molar-refractivity contribution is 6.77. The Hall–Kier alpha value is -0.833. The number of allylic oxidation sites excluding steroid dienone is 2. The van der Waals surface area contributed by atoms with Crippen LogP contribution in [0.25, 0.3) is 0 Å². The van der Waals surface area contributed by atoms with E-state index in [1.807, 2.05) is 0 Å². The van der Waals surface area contributed by atoms with Gasteiger partial charge in [-0.25, -0.2) is 0 Å². The van der Waals surface area contributed by atoms with Crippen molar-refractivity contribution in [2.24, 2.45) is 0 Å². The second kappa shape index (κ2) is 6.79. The van der Waals surface area contributed by atoms with Gasteiger partial charge >= 0.3 is 0 Å². The first-order valence-corrected chi connectivity index (χ1v) is 8.42. The minimum atomic E-state index is -1.91. The molecule has 0 N–H and O–H groups in total. The van der Waals surface area contributed by atoms with Crippen LogP contribution in [0.5, 0.6) is 0 Å². The van der Waals surface area contributed by atoms with Crippen molar-refractivity contribution in [3.63, 3.8) is 0 Å². The predicted molar refractivity (Wildman–Crippen MR) is 76.5 cm³/mol. The van der Waals surface area contributed by atoms with E-state index < -0.39 is 8.32 Å². The number of hydrogen-bond acceptors (Lipinski definition) is 2. The van der Waals surface area contributed by atoms with Gasteiger partial charge in [-0.1, -0.05) is 48.1 Å². The molecular weight excluding hydrogens is 228 g/mol. The molecule has 0 saturated carbocycles. The van der Waals surface area contributed by atoms with Crippen LogP contribution in [0.15, 0.2) is 24.5 Å². The van der Waals surface area contributed by atoms with Gasteiger partial charge in [0.25, 0.3) is 8.32 Å². The Bertz CT molecular complexity index is 269. The standard InChI is InChI=1S/C14H26O2Si/c1-11(2)17(12(3)4,13(5)6)16-14(7)9-8-10-15/h8-13H,7H2,1-6H3/b9-8+. The number of carbonyl (C=O) groups excluding carboxylic acids is 1. The monoisotopic (exact) mass is 254 g/mol. The normalized spacial score (nSPS) is 12.8. The van der Waals surface area contributed by atoms with Crippen LogP contribution in [-0.4, -0.2) is 14.6 Å². The number of aldehydes is 1. The van der Waals surface area contributed by atoms with Gasteiger partial charge in [0, 0.05) is 0 Å². The van der Waals surface area contributed by atoms with E-state index in [9.17, 15) is 4.79 Å². The zero-order valence-electron chi connectivity index (χ0n) is 12.0. The first kappa shape index (κ1) is 16.2. The molecule has 0 aromatic carbocycles. The van der Waals surface area contributed by atoms with Crippen LogP contribution < -0.4 is 0 Å². The van der Waals surface area contributed by atoms with Gasteiger partial charge in [0.05, 0.1) is 5.76 Å². The Kier molecular flexibility index (Phi) is 6.46. The zero-order chi connectivity index (χ0) is 13.6. The van der Waals surface area contributed by atoms with Crippen molar-refractivity contribution >= 4 is 14.6 Å². The summed E-state index contributed by atoms with van der Waals surface area (Å²) in [6.45, 7) is 17.2. The largest absolute Gasteiger partial charge is 0.543 e. The summed E-state index contributed by atoms with van der Waals surface area (Å²) in [5.41, 5.74) is 1.55. The molecule has 0 bridgehead atoms. The highest BCUT2D eigenvalue weighted by Gasteiger charge is 2.46. The summed E-state index contributed by atoms with van der Waals surface area (Å²) in [5, 5.41) is 0. The maximum atomic E-state index is 10.3. The number of rotatable bonds is 7. The molecule has 0 aliphatic rings. The molecule has 0 saturated heterocycles. The van der Waals surface area contributed by atoms with Gasteiger partial charge in [-0.05, 0) is 28.8 Å². The second-order valence-electron chi connectivity index (χ2n) is 5.38. The average molecular weight is 254 g/mol. The molecule has 0 aliphatic heterocycles. The third-order valence-corrected chi connectivity index (χ3v) is 9.41. The predicted octanol–water partition coefficient (Wildman–Crippen LogP) is 4.45. The molecule has 0 aromatic heterocycles. The van der Waals surface area contributed by atoms with Crippen LogP contribution in [0.2, 0.25) is 16.6 Å². The molecule has 0 rings (SSSR count). The van der Waals surface area contributed by atoms with Gasteiger partial charge in [-0.15, -0.1) is 0 Å². The smallest absolute Gasteiger partial charge is 0.258 e. The Morgan fingerprint density at radius 2 is 1.47 bits per heavy atom. The zero-order valence-corrected chi connectivity index (χ0v) is 13.0. The summed E-state index contributed by atoms with van der Waals surface area (Å²) in [6.07, 6.45) is 3.84. The fourth-order valence-electron chi connectivity index (χ4n) is 2.76. The van der Waals surface area contributed by atoms with Crippen LogP contribution in [-0.2, 0) is 9.22 Å². The molecule has 3 heteroatoms. The lowest BCUT2D eigenvalue weighted by Crippen LogP contribution is -2.47. The third kappa shape index (κ3) is 3.84. The van der Waals surface area contributed by atoms with Gasteiger partial charge in [0.15, 0.2) is 0 Å². The lowest BCUT2D eigenvalue weighted by molar-refractivity contribution is -0.104. The molecule has 0 aliphatic carbocycles. The average Bonchev–Trinajstić information content (AvgIpc) is 2.21. The summed E-state index contributed by atoms with van der Waals surface area (Å²) in [4.78, 5) is 10.3. The second-order valence-corrected chi connectivity index (χ2v) is 10.8. The number of carbonyl (C=O) groups is 1. The van der Waals surface area contributed by atoms with E-state index in [4.69, 9.17) is 4.43 Å². The van der Waals surface area contributed by atoms with Crippen molar-refractivity contribution in [3.05, 3.63) is 24.5 Å². The molecule has 0 unspecified atom stereocenters. The Balaban J connectivity index is 5.12. The van der Waals surface area contributed by atoms with Crippen molar-refractivity contribution in [3.8, 4) is 0 Å². The third-order valence-electron chi connectivity index (χ3n) is 3.38. The summed E-state index contributed by atoms with van der Waals surface area (Å²) in [6, 6.07) is 0. The minimum Gasteiger partial charge on any atom is -0.543 e. The van der Waals surface area contributed by atoms with Crippen LogP contribution >= 0.6 is 0 Å². The van der Waals surface area contributed by atoms with Crippen molar-refractivity contribution in [2.45, 2.75) is 58.2 Å². The Morgan fingerprint density at radius 1 is 1.06 bits per heavy atom. The summed E-state index contributed by atoms with van der Waals surface area (Å²) in [5.74, 6) is 0.611. The van der Waals surface area contributed by atoms with E-state index >= 15 is 0 Å². The van der Waals surface area contributed by atoms with E-state index in [-0.39, 0.29) is 0 Å². The molecular formula is C14H26O2Si. The van der Waals surface area contributed by atoms with Gasteiger partial charge in [0.2, 0.25) is 0 Å². The lowest BCUT2D eigenvalue weighted by Gasteiger charge is -2.42. The molecule has 0 aromatic rings. The van der Waals surface area contributed by atoms with Gasteiger partial charge < -0.3 is 4.43 Å². The van der Waals surface area contributed by atoms with Crippen LogP contribution in [0.1, 0.15) is 41.5 Å². The molecule has 98 valence electrons. The lowest BCUT2D eigenvalue weighted by atomic mass is 10.5. The Morgan fingerprint density at radius 3 is 1.76 bits per heavy atom. The maximum absolute atomic E-state index is 10.3. The maximum Gasteiger partial charge on any atom is 0.258 e. The van der Waals surface area contributed by atoms with Gasteiger partial charge in [-0.3, -0.25) is 4.79 Å². The fraction of sp³-hybridized carbons (Fsp3) is 0.643. The highest BCUT2D eigenvalue weighted by atomic mass is 28.4. The molecule has 0 radical (unpaired) electrons. The molecule has 2 nitrogen and oxygen atoms in total. The fourth-order valence-corrected chi connectivity index (χ4v) is 7.99. The first-order chi connectivity index (χ1) is 7.78. The SMILES string of the molecule is C=C(/C=C/C=O)O[Si](C(C)C)(C(C)C)C(C)C. The van der Waals surface area contributed by atoms with Crippen LogP contribution in [0.4, 0.5) is 0 Å². The Labute approximate surface area is 107 Å². The van der Waals surface area contributed by atoms with Gasteiger partial charge in [-0.2, -0.15) is 0 Å². The van der Waals surface area contributed by atoms with Gasteiger partial charge in [0.1, 0.15) is 6.29 Å². The van der Waals surface area contributed by atoms with E-state index in [0.717, 1.165) is 6.29 Å². The van der Waals surface area contributed by atoms with Crippen molar-refractivity contribution < 1.29 is 9.22 Å². The van der Waals surface area contributed by atoms with Crippen LogP contribution in [0, 0.1) is 0 Å². The molecule has 0 fully saturated rings.